The van der Waals surface area contributed by atoms with Gasteiger partial charge in [-0.15, -0.1) is 0 Å². The highest BCUT2D eigenvalue weighted by Gasteiger charge is 2.35. The zero-order chi connectivity index (χ0) is 22.6. The molecule has 1 aliphatic rings. The second-order valence-corrected chi connectivity index (χ2v) is 9.07. The van der Waals surface area contributed by atoms with Crippen LogP contribution in [0.2, 0.25) is 5.02 Å². The van der Waals surface area contributed by atoms with Crippen molar-refractivity contribution >= 4 is 11.6 Å². The third-order valence-corrected chi connectivity index (χ3v) is 6.71. The van der Waals surface area contributed by atoms with Crippen LogP contribution in [0.3, 0.4) is 0 Å². The molecule has 0 saturated carbocycles. The van der Waals surface area contributed by atoms with E-state index >= 15 is 0 Å². The van der Waals surface area contributed by atoms with Gasteiger partial charge in [-0.05, 0) is 30.2 Å². The lowest BCUT2D eigenvalue weighted by Gasteiger charge is -2.39. The molecule has 5 rings (SSSR count). The number of nitrogens with zero attached hydrogens (tertiary/aromatic N) is 2. The molecule has 1 unspecified atom stereocenters. The molecular formula is C28H29ClN4. The van der Waals surface area contributed by atoms with Gasteiger partial charge in [0, 0.05) is 48.4 Å². The van der Waals surface area contributed by atoms with Crippen LogP contribution in [0, 0.1) is 6.92 Å². The van der Waals surface area contributed by atoms with Crippen molar-refractivity contribution in [2.75, 3.05) is 26.2 Å². The fourth-order valence-corrected chi connectivity index (χ4v) is 5.10. The molecule has 5 heteroatoms. The van der Waals surface area contributed by atoms with Crippen LogP contribution in [-0.2, 0) is 0 Å². The SMILES string of the molecule is Cc1[nH]c(-c2cccc(Cl)c2)nc1C(C(c1ccccc1)c1ccccc1)N1CCNCC1. The quantitative estimate of drug-likeness (QED) is 0.384. The van der Waals surface area contributed by atoms with Crippen LogP contribution >= 0.6 is 11.6 Å². The van der Waals surface area contributed by atoms with Gasteiger partial charge in [-0.2, -0.15) is 0 Å². The summed E-state index contributed by atoms with van der Waals surface area (Å²) in [6.45, 7) is 6.08. The number of imidazole rings is 1. The van der Waals surface area contributed by atoms with Gasteiger partial charge in [0.1, 0.15) is 5.82 Å². The van der Waals surface area contributed by atoms with E-state index in [9.17, 15) is 0 Å². The van der Waals surface area contributed by atoms with Crippen LogP contribution in [0.25, 0.3) is 11.4 Å². The van der Waals surface area contributed by atoms with Gasteiger partial charge in [-0.3, -0.25) is 4.90 Å². The van der Waals surface area contributed by atoms with E-state index in [1.807, 2.05) is 18.2 Å². The molecule has 4 nitrogen and oxygen atoms in total. The maximum atomic E-state index is 6.28. The number of benzene rings is 3. The molecule has 0 spiro atoms. The fraction of sp³-hybridized carbons (Fsp3) is 0.250. The molecule has 3 aromatic carbocycles. The summed E-state index contributed by atoms with van der Waals surface area (Å²) in [4.78, 5) is 11.3. The van der Waals surface area contributed by atoms with Crippen LogP contribution in [0.5, 0.6) is 0 Å². The van der Waals surface area contributed by atoms with Gasteiger partial charge in [0.05, 0.1) is 11.7 Å². The van der Waals surface area contributed by atoms with Crippen molar-refractivity contribution in [1.82, 2.24) is 20.2 Å². The smallest absolute Gasteiger partial charge is 0.137 e. The summed E-state index contributed by atoms with van der Waals surface area (Å²) >= 11 is 6.28. The standard InChI is InChI=1S/C28H29ClN4/c1-20-26(32-28(31-20)23-13-8-14-24(29)19-23)27(33-17-15-30-16-18-33)25(21-9-4-2-5-10-21)22-11-6-3-7-12-22/h2-14,19,25,27,30H,15-18H2,1H3,(H,31,32). The van der Waals surface area contributed by atoms with Crippen molar-refractivity contribution in [1.29, 1.82) is 0 Å². The van der Waals surface area contributed by atoms with Crippen molar-refractivity contribution < 1.29 is 0 Å². The number of hydrogen-bond acceptors (Lipinski definition) is 3. The summed E-state index contributed by atoms with van der Waals surface area (Å²) in [5.74, 6) is 1.03. The predicted octanol–water partition coefficient (Wildman–Crippen LogP) is 5.82. The summed E-state index contributed by atoms with van der Waals surface area (Å²) in [6.07, 6.45) is 0. The molecule has 168 valence electrons. The summed E-state index contributed by atoms with van der Waals surface area (Å²) in [5.41, 5.74) is 5.82. The number of hydrogen-bond donors (Lipinski definition) is 2. The Morgan fingerprint density at radius 1 is 0.848 bits per heavy atom. The van der Waals surface area contributed by atoms with Crippen LogP contribution in [0.1, 0.15) is 34.5 Å². The van der Waals surface area contributed by atoms with Crippen LogP contribution in [0.15, 0.2) is 84.9 Å². The first-order valence-corrected chi connectivity index (χ1v) is 12.0. The maximum absolute atomic E-state index is 6.28. The van der Waals surface area contributed by atoms with Crippen LogP contribution < -0.4 is 5.32 Å². The summed E-state index contributed by atoms with van der Waals surface area (Å²) in [6, 6.07) is 29.7. The number of rotatable bonds is 6. The fourth-order valence-electron chi connectivity index (χ4n) is 4.91. The first-order valence-electron chi connectivity index (χ1n) is 11.6. The number of halogens is 1. The number of aromatic amines is 1. The minimum Gasteiger partial charge on any atom is -0.342 e. The summed E-state index contributed by atoms with van der Waals surface area (Å²) in [7, 11) is 0. The van der Waals surface area contributed by atoms with E-state index in [0.717, 1.165) is 49.0 Å². The molecule has 1 aliphatic heterocycles. The molecule has 1 atom stereocenters. The highest BCUT2D eigenvalue weighted by Crippen LogP contribution is 2.42. The highest BCUT2D eigenvalue weighted by atomic mass is 35.5. The van der Waals surface area contributed by atoms with E-state index < -0.39 is 0 Å². The molecule has 0 aliphatic carbocycles. The Morgan fingerprint density at radius 2 is 1.48 bits per heavy atom. The van der Waals surface area contributed by atoms with Crippen molar-refractivity contribution in [3.63, 3.8) is 0 Å². The molecule has 4 aromatic rings. The molecule has 1 saturated heterocycles. The Morgan fingerprint density at radius 3 is 2.09 bits per heavy atom. The first-order chi connectivity index (χ1) is 16.2. The van der Waals surface area contributed by atoms with Crippen molar-refractivity contribution in [2.45, 2.75) is 18.9 Å². The average Bonchev–Trinajstić information content (AvgIpc) is 3.25. The second-order valence-electron chi connectivity index (χ2n) is 8.64. The topological polar surface area (TPSA) is 44.0 Å². The largest absolute Gasteiger partial charge is 0.342 e. The molecule has 33 heavy (non-hydrogen) atoms. The van der Waals surface area contributed by atoms with Crippen molar-refractivity contribution in [3.8, 4) is 11.4 Å². The van der Waals surface area contributed by atoms with Crippen molar-refractivity contribution in [3.05, 3.63) is 112 Å². The lowest BCUT2D eigenvalue weighted by Crippen LogP contribution is -2.47. The third kappa shape index (κ3) is 4.74. The number of piperazine rings is 1. The monoisotopic (exact) mass is 456 g/mol. The van der Waals surface area contributed by atoms with Gasteiger partial charge < -0.3 is 10.3 Å². The lowest BCUT2D eigenvalue weighted by atomic mass is 9.82. The van der Waals surface area contributed by atoms with E-state index in [-0.39, 0.29) is 12.0 Å². The number of aryl methyl sites for hydroxylation is 1. The maximum Gasteiger partial charge on any atom is 0.137 e. The Bertz CT molecular complexity index is 1140. The van der Waals surface area contributed by atoms with Gasteiger partial charge in [0.25, 0.3) is 0 Å². The highest BCUT2D eigenvalue weighted by molar-refractivity contribution is 6.30. The Hall–Kier alpha value is -2.92. The number of nitrogens with one attached hydrogen (secondary N) is 2. The summed E-state index contributed by atoms with van der Waals surface area (Å²) < 4.78 is 0. The predicted molar refractivity (Wildman–Crippen MR) is 136 cm³/mol. The molecular weight excluding hydrogens is 428 g/mol. The zero-order valence-electron chi connectivity index (χ0n) is 18.8. The Kier molecular flexibility index (Phi) is 6.58. The normalized spacial score (nSPS) is 15.6. The van der Waals surface area contributed by atoms with Crippen LogP contribution in [0.4, 0.5) is 0 Å². The zero-order valence-corrected chi connectivity index (χ0v) is 19.6. The molecule has 0 radical (unpaired) electrons. The Balaban J connectivity index is 1.66. The Labute approximate surface area is 200 Å². The lowest BCUT2D eigenvalue weighted by molar-refractivity contribution is 0.156. The van der Waals surface area contributed by atoms with E-state index in [2.05, 4.69) is 88.9 Å². The van der Waals surface area contributed by atoms with Crippen molar-refractivity contribution in [2.24, 2.45) is 0 Å². The molecule has 0 bridgehead atoms. The minimum absolute atomic E-state index is 0.112. The number of H-pyrrole nitrogens is 1. The van der Waals surface area contributed by atoms with Gasteiger partial charge >= 0.3 is 0 Å². The van der Waals surface area contributed by atoms with E-state index in [4.69, 9.17) is 16.6 Å². The second kappa shape index (κ2) is 9.92. The van der Waals surface area contributed by atoms with E-state index in [1.165, 1.54) is 11.1 Å². The summed E-state index contributed by atoms with van der Waals surface area (Å²) in [5, 5.41) is 4.22. The van der Waals surface area contributed by atoms with E-state index in [1.54, 1.807) is 0 Å². The first kappa shape index (κ1) is 21.9. The number of aromatic nitrogens is 2. The molecule has 2 N–H and O–H groups in total. The van der Waals surface area contributed by atoms with Gasteiger partial charge in [0.15, 0.2) is 0 Å². The van der Waals surface area contributed by atoms with E-state index in [0.29, 0.717) is 5.02 Å². The molecule has 0 amide bonds. The average molecular weight is 457 g/mol. The molecule has 1 fully saturated rings. The van der Waals surface area contributed by atoms with Gasteiger partial charge in [-0.1, -0.05) is 84.4 Å². The van der Waals surface area contributed by atoms with Crippen LogP contribution in [-0.4, -0.2) is 41.0 Å². The molecule has 1 aromatic heterocycles. The van der Waals surface area contributed by atoms with Gasteiger partial charge in [-0.25, -0.2) is 4.98 Å². The third-order valence-electron chi connectivity index (χ3n) is 6.48. The molecule has 2 heterocycles. The van der Waals surface area contributed by atoms with Gasteiger partial charge in [0.2, 0.25) is 0 Å². The minimum atomic E-state index is 0.112.